The maximum Gasteiger partial charge on any atom is 0.0630 e. The fraction of sp³-hybridized carbons (Fsp3) is 1.00. The van der Waals surface area contributed by atoms with Crippen LogP contribution < -0.4 is 5.32 Å². The Morgan fingerprint density at radius 2 is 1.94 bits per heavy atom. The number of nitrogens with one attached hydrogen (secondary N) is 1. The molecule has 0 aliphatic carbocycles. The number of nitrogens with zero attached hydrogens (tertiary/aromatic N) is 1. The monoisotopic (exact) mass is 230 g/mol. The van der Waals surface area contributed by atoms with Gasteiger partial charge in [0.25, 0.3) is 0 Å². The van der Waals surface area contributed by atoms with E-state index in [0.717, 1.165) is 19.7 Å². The van der Waals surface area contributed by atoms with Gasteiger partial charge in [-0.3, -0.25) is 4.90 Å². The van der Waals surface area contributed by atoms with Gasteiger partial charge in [0, 0.05) is 25.7 Å². The highest BCUT2D eigenvalue weighted by molar-refractivity contribution is 4.74. The molecule has 0 saturated heterocycles. The van der Waals surface area contributed by atoms with E-state index < -0.39 is 0 Å². The van der Waals surface area contributed by atoms with E-state index >= 15 is 0 Å². The van der Waals surface area contributed by atoms with E-state index in [1.54, 1.807) is 7.11 Å². The first-order valence-electron chi connectivity index (χ1n) is 6.62. The number of unbranched alkanes of at least 4 members (excludes halogenated alkanes) is 1. The molecule has 0 bridgehead atoms. The molecule has 16 heavy (non-hydrogen) atoms. The normalized spacial score (nSPS) is 13.7. The minimum absolute atomic E-state index is 0.504. The van der Waals surface area contributed by atoms with Gasteiger partial charge in [0.1, 0.15) is 0 Å². The summed E-state index contributed by atoms with van der Waals surface area (Å²) in [4.78, 5) is 2.52. The van der Waals surface area contributed by atoms with Crippen molar-refractivity contribution in [2.24, 2.45) is 0 Å². The average molecular weight is 230 g/mol. The van der Waals surface area contributed by atoms with Gasteiger partial charge in [0.05, 0.1) is 6.61 Å². The molecule has 0 saturated carbocycles. The highest BCUT2D eigenvalue weighted by atomic mass is 16.5. The fourth-order valence-electron chi connectivity index (χ4n) is 1.82. The summed E-state index contributed by atoms with van der Waals surface area (Å²) in [7, 11) is 1.79. The number of likely N-dealkylation sites (N-methyl/N-ethyl adjacent to an activating group) is 1. The first-order valence-corrected chi connectivity index (χ1v) is 6.62. The number of methoxy groups -OCH3 is 1. The first kappa shape index (κ1) is 15.9. The van der Waals surface area contributed by atoms with Crippen molar-refractivity contribution in [3.05, 3.63) is 0 Å². The molecular formula is C13H30N2O. The molecular weight excluding hydrogens is 200 g/mol. The Balaban J connectivity index is 4.10. The van der Waals surface area contributed by atoms with Gasteiger partial charge in [-0.2, -0.15) is 0 Å². The average Bonchev–Trinajstić information content (AvgIpc) is 2.26. The summed E-state index contributed by atoms with van der Waals surface area (Å²) < 4.78 is 5.32. The minimum atomic E-state index is 0.504. The SMILES string of the molecule is CCCCN(CC)C(CNC(C)C)COC. The lowest BCUT2D eigenvalue weighted by molar-refractivity contribution is 0.0903. The second-order valence-electron chi connectivity index (χ2n) is 4.65. The molecule has 0 fully saturated rings. The summed E-state index contributed by atoms with van der Waals surface area (Å²) in [5.41, 5.74) is 0. The molecule has 3 nitrogen and oxygen atoms in total. The second kappa shape index (κ2) is 10.1. The van der Waals surface area contributed by atoms with Crippen LogP contribution in [0.25, 0.3) is 0 Å². The molecule has 1 unspecified atom stereocenters. The Kier molecular flexibility index (Phi) is 9.99. The predicted molar refractivity (Wildman–Crippen MR) is 71.0 cm³/mol. The molecule has 98 valence electrons. The maximum absolute atomic E-state index is 5.32. The highest BCUT2D eigenvalue weighted by Crippen LogP contribution is 2.03. The Bertz CT molecular complexity index is 151. The van der Waals surface area contributed by atoms with Crippen molar-refractivity contribution in [1.82, 2.24) is 10.2 Å². The summed E-state index contributed by atoms with van der Waals surface area (Å²) in [6, 6.07) is 1.05. The molecule has 1 atom stereocenters. The predicted octanol–water partition coefficient (Wildman–Crippen LogP) is 2.12. The Labute approximate surface area is 102 Å². The Morgan fingerprint density at radius 3 is 2.38 bits per heavy atom. The summed E-state index contributed by atoms with van der Waals surface area (Å²) in [5, 5.41) is 3.50. The number of hydrogen-bond donors (Lipinski definition) is 1. The van der Waals surface area contributed by atoms with E-state index in [9.17, 15) is 0 Å². The Hall–Kier alpha value is -0.120. The van der Waals surface area contributed by atoms with Gasteiger partial charge in [-0.1, -0.05) is 34.1 Å². The molecule has 0 heterocycles. The van der Waals surface area contributed by atoms with Gasteiger partial charge in [0.2, 0.25) is 0 Å². The lowest BCUT2D eigenvalue weighted by Crippen LogP contribution is -2.46. The summed E-state index contributed by atoms with van der Waals surface area (Å²) in [5.74, 6) is 0. The van der Waals surface area contributed by atoms with Crippen molar-refractivity contribution in [3.8, 4) is 0 Å². The largest absolute Gasteiger partial charge is 0.383 e. The van der Waals surface area contributed by atoms with Crippen LogP contribution in [-0.2, 0) is 4.74 Å². The van der Waals surface area contributed by atoms with Crippen molar-refractivity contribution in [2.45, 2.75) is 52.6 Å². The lowest BCUT2D eigenvalue weighted by Gasteiger charge is -2.31. The van der Waals surface area contributed by atoms with Crippen molar-refractivity contribution < 1.29 is 4.74 Å². The van der Waals surface area contributed by atoms with E-state index in [2.05, 4.69) is 37.9 Å². The molecule has 0 rings (SSSR count). The number of hydrogen-bond acceptors (Lipinski definition) is 3. The Morgan fingerprint density at radius 1 is 1.25 bits per heavy atom. The van der Waals surface area contributed by atoms with Gasteiger partial charge >= 0.3 is 0 Å². The molecule has 0 amide bonds. The molecule has 0 aliphatic heterocycles. The van der Waals surface area contributed by atoms with Crippen LogP contribution in [0, 0.1) is 0 Å². The van der Waals surface area contributed by atoms with Crippen molar-refractivity contribution in [1.29, 1.82) is 0 Å². The van der Waals surface area contributed by atoms with E-state index in [0.29, 0.717) is 12.1 Å². The van der Waals surface area contributed by atoms with E-state index in [1.165, 1.54) is 19.4 Å². The van der Waals surface area contributed by atoms with Gasteiger partial charge < -0.3 is 10.1 Å². The molecule has 1 N–H and O–H groups in total. The molecule has 0 aromatic rings. The summed E-state index contributed by atoms with van der Waals surface area (Å²) >= 11 is 0. The molecule has 0 aromatic heterocycles. The topological polar surface area (TPSA) is 24.5 Å². The minimum Gasteiger partial charge on any atom is -0.383 e. The molecule has 0 aromatic carbocycles. The third kappa shape index (κ3) is 7.20. The van der Waals surface area contributed by atoms with E-state index in [4.69, 9.17) is 4.74 Å². The van der Waals surface area contributed by atoms with Crippen LogP contribution in [0.4, 0.5) is 0 Å². The van der Waals surface area contributed by atoms with Crippen LogP contribution in [0.3, 0.4) is 0 Å². The molecule has 0 spiro atoms. The lowest BCUT2D eigenvalue weighted by atomic mass is 10.2. The van der Waals surface area contributed by atoms with Gasteiger partial charge in [-0.25, -0.2) is 0 Å². The summed E-state index contributed by atoms with van der Waals surface area (Å²) in [6.07, 6.45) is 2.53. The van der Waals surface area contributed by atoms with Crippen LogP contribution >= 0.6 is 0 Å². The first-order chi connectivity index (χ1) is 7.65. The third-order valence-corrected chi connectivity index (χ3v) is 2.84. The molecule has 0 aliphatic rings. The van der Waals surface area contributed by atoms with Crippen LogP contribution in [0.1, 0.15) is 40.5 Å². The standard InChI is InChI=1S/C13H30N2O/c1-6-8-9-15(7-2)13(11-16-5)10-14-12(3)4/h12-14H,6-11H2,1-5H3. The van der Waals surface area contributed by atoms with E-state index in [1.807, 2.05) is 0 Å². The van der Waals surface area contributed by atoms with Crippen LogP contribution in [-0.4, -0.2) is 50.3 Å². The molecule has 3 heteroatoms. The number of ether oxygens (including phenoxy) is 1. The van der Waals surface area contributed by atoms with Gasteiger partial charge in [0.15, 0.2) is 0 Å². The highest BCUT2D eigenvalue weighted by Gasteiger charge is 2.16. The van der Waals surface area contributed by atoms with Crippen LogP contribution in [0.5, 0.6) is 0 Å². The maximum atomic E-state index is 5.32. The second-order valence-corrected chi connectivity index (χ2v) is 4.65. The van der Waals surface area contributed by atoms with Gasteiger partial charge in [-0.05, 0) is 19.5 Å². The smallest absolute Gasteiger partial charge is 0.0630 e. The van der Waals surface area contributed by atoms with Gasteiger partial charge in [-0.15, -0.1) is 0 Å². The van der Waals surface area contributed by atoms with Crippen molar-refractivity contribution >= 4 is 0 Å². The number of rotatable bonds is 10. The fourth-order valence-corrected chi connectivity index (χ4v) is 1.82. The van der Waals surface area contributed by atoms with Crippen molar-refractivity contribution in [2.75, 3.05) is 33.4 Å². The molecule has 0 radical (unpaired) electrons. The summed E-state index contributed by atoms with van der Waals surface area (Å²) in [6.45, 7) is 13.0. The van der Waals surface area contributed by atoms with Crippen LogP contribution in [0.15, 0.2) is 0 Å². The van der Waals surface area contributed by atoms with E-state index in [-0.39, 0.29) is 0 Å². The zero-order valence-electron chi connectivity index (χ0n) is 11.8. The zero-order chi connectivity index (χ0) is 12.4. The zero-order valence-corrected chi connectivity index (χ0v) is 11.8. The third-order valence-electron chi connectivity index (χ3n) is 2.84. The quantitative estimate of drug-likeness (QED) is 0.622. The van der Waals surface area contributed by atoms with Crippen molar-refractivity contribution in [3.63, 3.8) is 0 Å². The van der Waals surface area contributed by atoms with Crippen LogP contribution in [0.2, 0.25) is 0 Å².